The van der Waals surface area contributed by atoms with Crippen LogP contribution in [0.15, 0.2) is 65.7 Å². The van der Waals surface area contributed by atoms with Crippen LogP contribution in [0.4, 0.5) is 0 Å². The van der Waals surface area contributed by atoms with Gasteiger partial charge in [0.1, 0.15) is 6.61 Å². The molecule has 1 amide bonds. The highest BCUT2D eigenvalue weighted by Crippen LogP contribution is 2.23. The highest BCUT2D eigenvalue weighted by molar-refractivity contribution is 6.42. The van der Waals surface area contributed by atoms with Crippen LogP contribution < -0.4 is 15.6 Å². The van der Waals surface area contributed by atoms with Gasteiger partial charge in [-0.25, -0.2) is 9.38 Å². The van der Waals surface area contributed by atoms with E-state index < -0.39 is 11.5 Å². The molecule has 174 valence electrons. The van der Waals surface area contributed by atoms with Crippen molar-refractivity contribution in [3.63, 3.8) is 0 Å². The van der Waals surface area contributed by atoms with Crippen molar-refractivity contribution in [1.29, 1.82) is 0 Å². The molecular formula is C24H20Cl2N4O4. The number of hydrogen-bond acceptors (Lipinski definition) is 5. The zero-order valence-corrected chi connectivity index (χ0v) is 19.6. The maximum atomic E-state index is 13.0. The molecule has 0 aliphatic carbocycles. The lowest BCUT2D eigenvalue weighted by molar-refractivity contribution is -0.117. The summed E-state index contributed by atoms with van der Waals surface area (Å²) in [6, 6.07) is 14.1. The maximum Gasteiger partial charge on any atom is 0.302 e. The van der Waals surface area contributed by atoms with E-state index in [4.69, 9.17) is 27.9 Å². The number of aryl methyl sites for hydroxylation is 1. The van der Waals surface area contributed by atoms with E-state index in [1.807, 2.05) is 30.3 Å². The lowest BCUT2D eigenvalue weighted by Crippen LogP contribution is -2.33. The standard InChI is InChI=1S/C24H20Cl2N4O4/c1-29-9-10-30-23(33)21(34-14-15-5-3-2-4-6-15)20(28-24(29)30)22(32)27-13-17(31)11-16-7-8-18(25)19(26)12-16/h2-10,12H,11,13-14H2,1H3,(H,27,32). The smallest absolute Gasteiger partial charge is 0.302 e. The molecule has 0 unspecified atom stereocenters. The van der Waals surface area contributed by atoms with Gasteiger partial charge in [-0.15, -0.1) is 0 Å². The Morgan fingerprint density at radius 3 is 2.53 bits per heavy atom. The Hall–Kier alpha value is -3.62. The van der Waals surface area contributed by atoms with Gasteiger partial charge in [-0.3, -0.25) is 14.4 Å². The van der Waals surface area contributed by atoms with E-state index in [1.165, 1.54) is 4.40 Å². The number of fused-ring (bicyclic) bond motifs is 1. The number of halogens is 2. The predicted octanol–water partition coefficient (Wildman–Crippen LogP) is 3.46. The SMILES string of the molecule is Cn1ccn2c(=O)c(OCc3ccccc3)c(C(=O)NCC(=O)Cc3ccc(Cl)c(Cl)c3)nc12. The molecule has 0 saturated heterocycles. The number of ketones is 1. The number of benzene rings is 2. The zero-order valence-electron chi connectivity index (χ0n) is 18.1. The third-order valence-corrected chi connectivity index (χ3v) is 5.82. The number of imidazole rings is 1. The number of rotatable bonds is 8. The molecule has 4 rings (SSSR count). The van der Waals surface area contributed by atoms with E-state index >= 15 is 0 Å². The highest BCUT2D eigenvalue weighted by Gasteiger charge is 2.22. The second-order valence-corrected chi connectivity index (χ2v) is 8.41. The Morgan fingerprint density at radius 1 is 1.03 bits per heavy atom. The lowest BCUT2D eigenvalue weighted by atomic mass is 10.1. The molecule has 4 aromatic rings. The predicted molar refractivity (Wildman–Crippen MR) is 129 cm³/mol. The fraction of sp³-hybridized carbons (Fsp3) is 0.167. The van der Waals surface area contributed by atoms with Gasteiger partial charge in [-0.05, 0) is 23.3 Å². The summed E-state index contributed by atoms with van der Waals surface area (Å²) in [7, 11) is 1.70. The van der Waals surface area contributed by atoms with Crippen molar-refractivity contribution in [3.8, 4) is 5.75 Å². The topological polar surface area (TPSA) is 94.7 Å². The summed E-state index contributed by atoms with van der Waals surface area (Å²) in [5.41, 5.74) is 0.782. The summed E-state index contributed by atoms with van der Waals surface area (Å²) in [5.74, 6) is -0.868. The van der Waals surface area contributed by atoms with Crippen molar-refractivity contribution in [2.75, 3.05) is 6.54 Å². The van der Waals surface area contributed by atoms with E-state index in [1.54, 1.807) is 42.2 Å². The summed E-state index contributed by atoms with van der Waals surface area (Å²) < 4.78 is 8.65. The van der Waals surface area contributed by atoms with Crippen molar-refractivity contribution >= 4 is 40.7 Å². The van der Waals surface area contributed by atoms with Crippen LogP contribution in [-0.4, -0.2) is 32.2 Å². The monoisotopic (exact) mass is 498 g/mol. The van der Waals surface area contributed by atoms with Crippen LogP contribution >= 0.6 is 23.2 Å². The molecule has 34 heavy (non-hydrogen) atoms. The molecule has 0 aliphatic heterocycles. The summed E-state index contributed by atoms with van der Waals surface area (Å²) in [6.45, 7) is -0.182. The van der Waals surface area contributed by atoms with Crippen LogP contribution in [0.25, 0.3) is 5.78 Å². The summed E-state index contributed by atoms with van der Waals surface area (Å²) >= 11 is 11.9. The van der Waals surface area contributed by atoms with Gasteiger partial charge in [0.2, 0.25) is 11.5 Å². The Labute approximate surface area is 204 Å². The second kappa shape index (κ2) is 10.1. The Bertz CT molecular complexity index is 1430. The van der Waals surface area contributed by atoms with E-state index in [9.17, 15) is 14.4 Å². The zero-order chi connectivity index (χ0) is 24.2. The fourth-order valence-corrected chi connectivity index (χ4v) is 3.66. The first-order chi connectivity index (χ1) is 16.3. The number of amides is 1. The first kappa shape index (κ1) is 23.5. The summed E-state index contributed by atoms with van der Waals surface area (Å²) in [4.78, 5) is 42.8. The minimum absolute atomic E-state index is 0.0570. The van der Waals surface area contributed by atoms with Crippen molar-refractivity contribution in [1.82, 2.24) is 19.3 Å². The van der Waals surface area contributed by atoms with Crippen LogP contribution in [0.1, 0.15) is 21.6 Å². The number of hydrogen-bond donors (Lipinski definition) is 1. The molecule has 0 spiro atoms. The van der Waals surface area contributed by atoms with Crippen LogP contribution in [0.3, 0.4) is 0 Å². The third-order valence-electron chi connectivity index (χ3n) is 5.08. The summed E-state index contributed by atoms with van der Waals surface area (Å²) in [5, 5.41) is 3.28. The Morgan fingerprint density at radius 2 is 1.79 bits per heavy atom. The minimum Gasteiger partial charge on any atom is -0.481 e. The molecule has 0 saturated carbocycles. The van der Waals surface area contributed by atoms with Crippen molar-refractivity contribution < 1.29 is 14.3 Å². The average Bonchev–Trinajstić information content (AvgIpc) is 3.20. The first-order valence-corrected chi connectivity index (χ1v) is 11.1. The molecule has 8 nitrogen and oxygen atoms in total. The maximum absolute atomic E-state index is 13.0. The molecule has 0 bridgehead atoms. The number of nitrogens with zero attached hydrogens (tertiary/aromatic N) is 3. The van der Waals surface area contributed by atoms with E-state index in [0.717, 1.165) is 5.56 Å². The number of carbonyl (C=O) groups excluding carboxylic acids is 2. The molecule has 0 aliphatic rings. The second-order valence-electron chi connectivity index (χ2n) is 7.59. The van der Waals surface area contributed by atoms with Crippen molar-refractivity contribution in [3.05, 3.63) is 98.1 Å². The fourth-order valence-electron chi connectivity index (χ4n) is 3.34. The molecular weight excluding hydrogens is 479 g/mol. The van der Waals surface area contributed by atoms with Gasteiger partial charge >= 0.3 is 5.56 Å². The molecule has 2 heterocycles. The molecule has 0 fully saturated rings. The molecule has 0 atom stereocenters. The van der Waals surface area contributed by atoms with Crippen molar-refractivity contribution in [2.45, 2.75) is 13.0 Å². The molecule has 2 aromatic carbocycles. The van der Waals surface area contributed by atoms with Crippen LogP contribution in [0.5, 0.6) is 5.75 Å². The van der Waals surface area contributed by atoms with Crippen LogP contribution in [0, 0.1) is 0 Å². The minimum atomic E-state index is -0.689. The number of aromatic nitrogens is 3. The number of carbonyl (C=O) groups is 2. The van der Waals surface area contributed by atoms with Gasteiger partial charge in [0.15, 0.2) is 11.5 Å². The summed E-state index contributed by atoms with van der Waals surface area (Å²) in [6.07, 6.45) is 3.25. The molecule has 0 radical (unpaired) electrons. The largest absolute Gasteiger partial charge is 0.481 e. The van der Waals surface area contributed by atoms with Gasteiger partial charge in [-0.2, -0.15) is 0 Å². The quantitative estimate of drug-likeness (QED) is 0.401. The van der Waals surface area contributed by atoms with E-state index in [2.05, 4.69) is 10.3 Å². The van der Waals surface area contributed by atoms with Crippen LogP contribution in [0.2, 0.25) is 10.0 Å². The van der Waals surface area contributed by atoms with Gasteiger partial charge in [0.25, 0.3) is 5.91 Å². The van der Waals surface area contributed by atoms with Gasteiger partial charge < -0.3 is 14.6 Å². The number of nitrogens with one attached hydrogen (secondary N) is 1. The van der Waals surface area contributed by atoms with E-state index in [0.29, 0.717) is 15.6 Å². The molecule has 10 heteroatoms. The third kappa shape index (κ3) is 5.13. The first-order valence-electron chi connectivity index (χ1n) is 10.3. The normalized spacial score (nSPS) is 10.9. The van der Waals surface area contributed by atoms with Gasteiger partial charge in [-0.1, -0.05) is 59.6 Å². The molecule has 1 N–H and O–H groups in total. The van der Waals surface area contributed by atoms with Gasteiger partial charge in [0.05, 0.1) is 16.6 Å². The van der Waals surface area contributed by atoms with Crippen LogP contribution in [-0.2, 0) is 24.9 Å². The van der Waals surface area contributed by atoms with Crippen molar-refractivity contribution in [2.24, 2.45) is 7.05 Å². The highest BCUT2D eigenvalue weighted by atomic mass is 35.5. The Kier molecular flexibility index (Phi) is 7.00. The van der Waals surface area contributed by atoms with Gasteiger partial charge in [0, 0.05) is 25.9 Å². The average molecular weight is 499 g/mol. The molecule has 2 aromatic heterocycles. The lowest BCUT2D eigenvalue weighted by Gasteiger charge is -2.11. The Balaban J connectivity index is 1.54. The number of Topliss-reactive ketones (excluding diaryl/α,β-unsaturated/α-hetero) is 1. The van der Waals surface area contributed by atoms with E-state index in [-0.39, 0.29) is 42.6 Å². The number of ether oxygens (including phenoxy) is 1.